The Kier molecular flexibility index (Phi) is 10.6. The number of hydrogen-bond acceptors (Lipinski definition) is 2. The Morgan fingerprint density at radius 1 is 1.15 bits per heavy atom. The van der Waals surface area contributed by atoms with Crippen LogP contribution in [0.2, 0.25) is 0 Å². The van der Waals surface area contributed by atoms with Crippen molar-refractivity contribution in [3.05, 3.63) is 35.9 Å². The summed E-state index contributed by atoms with van der Waals surface area (Å²) < 4.78 is 7.32. The van der Waals surface area contributed by atoms with Gasteiger partial charge < -0.3 is 31.3 Å². The largest absolute Gasteiger partial charge is 1.00 e. The number of benzene rings is 1. The second kappa shape index (κ2) is 11.8. The molecule has 1 aromatic rings. The van der Waals surface area contributed by atoms with Crippen molar-refractivity contribution in [2.24, 2.45) is 5.92 Å². The molecule has 0 bridgehead atoms. The van der Waals surface area contributed by atoms with Crippen molar-refractivity contribution in [3.63, 3.8) is 0 Å². The molecule has 2 atom stereocenters. The van der Waals surface area contributed by atoms with E-state index < -0.39 is 11.9 Å². The summed E-state index contributed by atoms with van der Waals surface area (Å²) in [6.07, 6.45) is 5.54. The van der Waals surface area contributed by atoms with E-state index >= 15 is 0 Å². The second-order valence-electron chi connectivity index (χ2n) is 7.94. The fraction of sp³-hybridized carbons (Fsp3) is 0.682. The predicted octanol–water partition coefficient (Wildman–Crippen LogP) is 1.31. The third-order valence-corrected chi connectivity index (χ3v) is 6.34. The minimum atomic E-state index is -0.769. The molecule has 1 aliphatic rings. The van der Waals surface area contributed by atoms with E-state index in [1.807, 2.05) is 30.3 Å². The number of halogens is 1. The molecule has 1 saturated carbocycles. The Bertz CT molecular complexity index is 542. The van der Waals surface area contributed by atoms with E-state index in [0.717, 1.165) is 42.5 Å². The van der Waals surface area contributed by atoms with Gasteiger partial charge in [0.25, 0.3) is 0 Å². The van der Waals surface area contributed by atoms with Crippen molar-refractivity contribution in [2.75, 3.05) is 33.3 Å². The van der Waals surface area contributed by atoms with Gasteiger partial charge in [-0.3, -0.25) is 4.79 Å². The number of carboxylic acids is 1. The molecule has 0 aromatic heterocycles. The summed E-state index contributed by atoms with van der Waals surface area (Å²) in [5.41, 5.74) is 0.860. The number of nitrogens with zero attached hydrogens (tertiary/aromatic N) is 1. The molecular formula is C22H36BrNO3. The van der Waals surface area contributed by atoms with Crippen LogP contribution in [0.25, 0.3) is 0 Å². The fourth-order valence-corrected chi connectivity index (χ4v) is 4.05. The summed E-state index contributed by atoms with van der Waals surface area (Å²) in [5, 5.41) is 10.00. The van der Waals surface area contributed by atoms with E-state index in [1.165, 1.54) is 19.3 Å². The zero-order valence-electron chi connectivity index (χ0n) is 17.1. The summed E-state index contributed by atoms with van der Waals surface area (Å²) in [6, 6.07) is 9.63. The molecule has 0 spiro atoms. The van der Waals surface area contributed by atoms with Gasteiger partial charge in [0.1, 0.15) is 12.5 Å². The van der Waals surface area contributed by atoms with Crippen LogP contribution in [-0.4, -0.2) is 55.0 Å². The highest BCUT2D eigenvalue weighted by atomic mass is 79.9. The van der Waals surface area contributed by atoms with E-state index in [1.54, 1.807) is 0 Å². The molecule has 0 saturated heterocycles. The molecule has 0 amide bonds. The number of quaternary nitrogens is 1. The molecule has 2 unspecified atom stereocenters. The Balaban J connectivity index is 0.00000364. The van der Waals surface area contributed by atoms with E-state index in [9.17, 15) is 9.90 Å². The maximum Gasteiger partial charge on any atom is 0.313 e. The predicted molar refractivity (Wildman–Crippen MR) is 105 cm³/mol. The van der Waals surface area contributed by atoms with E-state index in [0.29, 0.717) is 12.5 Å². The van der Waals surface area contributed by atoms with Crippen LogP contribution < -0.4 is 17.0 Å². The molecule has 154 valence electrons. The minimum Gasteiger partial charge on any atom is -1.00 e. The lowest BCUT2D eigenvalue weighted by Crippen LogP contribution is -3.00. The molecule has 4 nitrogen and oxygen atoms in total. The van der Waals surface area contributed by atoms with Crippen LogP contribution in [0.5, 0.6) is 0 Å². The fourth-order valence-electron chi connectivity index (χ4n) is 4.05. The average molecular weight is 442 g/mol. The van der Waals surface area contributed by atoms with Gasteiger partial charge in [-0.2, -0.15) is 0 Å². The Labute approximate surface area is 175 Å². The molecular weight excluding hydrogens is 406 g/mol. The first-order chi connectivity index (χ1) is 12.5. The van der Waals surface area contributed by atoms with Crippen LogP contribution in [0.3, 0.4) is 0 Å². The van der Waals surface area contributed by atoms with Crippen LogP contribution >= 0.6 is 0 Å². The van der Waals surface area contributed by atoms with Gasteiger partial charge in [-0.1, -0.05) is 49.6 Å². The van der Waals surface area contributed by atoms with Crippen LogP contribution in [-0.2, 0) is 9.53 Å². The van der Waals surface area contributed by atoms with Crippen molar-refractivity contribution >= 4 is 5.97 Å². The van der Waals surface area contributed by atoms with Crippen molar-refractivity contribution in [3.8, 4) is 0 Å². The Morgan fingerprint density at radius 3 is 2.26 bits per heavy atom. The number of ether oxygens (including phenoxy) is 1. The van der Waals surface area contributed by atoms with E-state index in [-0.39, 0.29) is 23.1 Å². The van der Waals surface area contributed by atoms with Gasteiger partial charge in [0.2, 0.25) is 0 Å². The average Bonchev–Trinajstić information content (AvgIpc) is 2.68. The molecule has 0 aliphatic heterocycles. The molecule has 1 N–H and O–H groups in total. The van der Waals surface area contributed by atoms with Gasteiger partial charge in [-0.25, -0.2) is 0 Å². The van der Waals surface area contributed by atoms with Gasteiger partial charge in [-0.05, 0) is 38.2 Å². The van der Waals surface area contributed by atoms with Gasteiger partial charge in [0.15, 0.2) is 0 Å². The number of aliphatic carboxylic acids is 1. The van der Waals surface area contributed by atoms with Crippen molar-refractivity contribution in [1.29, 1.82) is 0 Å². The molecule has 1 aromatic carbocycles. The SMILES string of the molecule is CC[N+](C)(CC)CCOC(C1CCCCC1)C(C(=O)O)c1ccccc1.[Br-]. The first-order valence-corrected chi connectivity index (χ1v) is 10.2. The lowest BCUT2D eigenvalue weighted by molar-refractivity contribution is -0.906. The van der Waals surface area contributed by atoms with E-state index in [2.05, 4.69) is 20.9 Å². The highest BCUT2D eigenvalue weighted by Crippen LogP contribution is 2.36. The molecule has 2 rings (SSSR count). The van der Waals surface area contributed by atoms with Gasteiger partial charge in [0.05, 0.1) is 32.8 Å². The quantitative estimate of drug-likeness (QED) is 0.556. The molecule has 1 aliphatic carbocycles. The summed E-state index contributed by atoms with van der Waals surface area (Å²) >= 11 is 0. The third-order valence-electron chi connectivity index (χ3n) is 6.34. The van der Waals surface area contributed by atoms with Gasteiger partial charge in [0, 0.05) is 0 Å². The van der Waals surface area contributed by atoms with Crippen LogP contribution in [0.1, 0.15) is 57.4 Å². The number of rotatable bonds is 10. The molecule has 0 radical (unpaired) electrons. The lowest BCUT2D eigenvalue weighted by atomic mass is 9.78. The zero-order valence-corrected chi connectivity index (χ0v) is 18.7. The molecule has 5 heteroatoms. The van der Waals surface area contributed by atoms with Crippen molar-refractivity contribution in [2.45, 2.75) is 58.0 Å². The van der Waals surface area contributed by atoms with Crippen LogP contribution in [0.15, 0.2) is 30.3 Å². The van der Waals surface area contributed by atoms with Crippen LogP contribution in [0.4, 0.5) is 0 Å². The number of carbonyl (C=O) groups is 1. The molecule has 1 fully saturated rings. The normalized spacial score (nSPS) is 17.7. The standard InChI is InChI=1S/C22H35NO3.BrH/c1-4-23(3,5-2)16-17-26-21(19-14-10-7-11-15-19)20(22(24)25)18-12-8-6-9-13-18;/h6,8-9,12-13,19-21H,4-5,7,10-11,14-17H2,1-3H3;1H. The number of hydrogen-bond donors (Lipinski definition) is 1. The number of likely N-dealkylation sites (N-methyl/N-ethyl adjacent to an activating group) is 1. The summed E-state index contributed by atoms with van der Waals surface area (Å²) in [4.78, 5) is 12.2. The smallest absolute Gasteiger partial charge is 0.313 e. The summed E-state index contributed by atoms with van der Waals surface area (Å²) in [5.74, 6) is -1.01. The molecule has 0 heterocycles. The Hall–Kier alpha value is -0.910. The van der Waals surface area contributed by atoms with E-state index in [4.69, 9.17) is 4.74 Å². The Morgan fingerprint density at radius 2 is 1.74 bits per heavy atom. The first kappa shape index (κ1) is 24.1. The van der Waals surface area contributed by atoms with Crippen LogP contribution in [0, 0.1) is 5.92 Å². The summed E-state index contributed by atoms with van der Waals surface area (Å²) in [6.45, 7) is 8.08. The minimum absolute atomic E-state index is 0. The maximum absolute atomic E-state index is 12.2. The highest BCUT2D eigenvalue weighted by Gasteiger charge is 2.37. The zero-order chi connectivity index (χ0) is 19.0. The maximum atomic E-state index is 12.2. The molecule has 27 heavy (non-hydrogen) atoms. The monoisotopic (exact) mass is 441 g/mol. The van der Waals surface area contributed by atoms with Crippen molar-refractivity contribution < 1.29 is 36.1 Å². The van der Waals surface area contributed by atoms with Gasteiger partial charge in [-0.15, -0.1) is 0 Å². The lowest BCUT2D eigenvalue weighted by Gasteiger charge is -2.36. The van der Waals surface area contributed by atoms with Crippen molar-refractivity contribution in [1.82, 2.24) is 0 Å². The highest BCUT2D eigenvalue weighted by molar-refractivity contribution is 5.77. The third kappa shape index (κ3) is 6.88. The van der Waals surface area contributed by atoms with Gasteiger partial charge >= 0.3 is 5.97 Å². The first-order valence-electron chi connectivity index (χ1n) is 10.2. The topological polar surface area (TPSA) is 46.5 Å². The second-order valence-corrected chi connectivity index (χ2v) is 7.94. The number of carboxylic acid groups (broad SMARTS) is 1. The summed E-state index contributed by atoms with van der Waals surface area (Å²) in [7, 11) is 2.24.